The van der Waals surface area contributed by atoms with E-state index in [-0.39, 0.29) is 17.6 Å². The molecular weight excluding hydrogens is 200 g/mol. The summed E-state index contributed by atoms with van der Waals surface area (Å²) in [5.74, 6) is 0.866. The zero-order valence-corrected chi connectivity index (χ0v) is 10.9. The lowest BCUT2D eigenvalue weighted by Crippen LogP contribution is -2.24. The number of hydrogen-bond donors (Lipinski definition) is 1. The van der Waals surface area contributed by atoms with Crippen molar-refractivity contribution in [2.75, 3.05) is 6.61 Å². The molecule has 90 valence electrons. The molecule has 0 atom stereocenters. The first-order valence-corrected chi connectivity index (χ1v) is 5.65. The minimum Gasteiger partial charge on any atom is -0.488 e. The maximum absolute atomic E-state index is 9.27. The van der Waals surface area contributed by atoms with Crippen LogP contribution >= 0.6 is 0 Å². The summed E-state index contributed by atoms with van der Waals surface area (Å²) in [5, 5.41) is 9.27. The number of hydrogen-bond acceptors (Lipinski definition) is 2. The SMILES string of the molecule is CC(C)(C)Oc1ccc(C(C)(C)CO)cc1. The van der Waals surface area contributed by atoms with E-state index in [1.54, 1.807) is 0 Å². The van der Waals surface area contributed by atoms with Gasteiger partial charge in [0, 0.05) is 5.41 Å². The van der Waals surface area contributed by atoms with Crippen LogP contribution < -0.4 is 4.74 Å². The minimum atomic E-state index is -0.194. The van der Waals surface area contributed by atoms with Crippen molar-refractivity contribution in [1.29, 1.82) is 0 Å². The molecule has 0 unspecified atom stereocenters. The minimum absolute atomic E-state index is 0.145. The first-order valence-electron chi connectivity index (χ1n) is 5.65. The highest BCUT2D eigenvalue weighted by atomic mass is 16.5. The Hall–Kier alpha value is -1.02. The van der Waals surface area contributed by atoms with Gasteiger partial charge in [-0.2, -0.15) is 0 Å². The fourth-order valence-corrected chi connectivity index (χ4v) is 1.42. The summed E-state index contributed by atoms with van der Waals surface area (Å²) >= 11 is 0. The molecule has 0 radical (unpaired) electrons. The van der Waals surface area contributed by atoms with Crippen molar-refractivity contribution >= 4 is 0 Å². The second kappa shape index (κ2) is 4.46. The molecule has 0 spiro atoms. The van der Waals surface area contributed by atoms with Crippen molar-refractivity contribution in [3.63, 3.8) is 0 Å². The molecule has 0 heterocycles. The van der Waals surface area contributed by atoms with Crippen LogP contribution in [-0.2, 0) is 5.41 Å². The molecule has 1 aromatic rings. The first-order chi connectivity index (χ1) is 7.24. The number of rotatable bonds is 3. The molecule has 16 heavy (non-hydrogen) atoms. The van der Waals surface area contributed by atoms with Crippen LogP contribution in [0.25, 0.3) is 0 Å². The molecular formula is C14H22O2. The third-order valence-corrected chi connectivity index (χ3v) is 2.46. The van der Waals surface area contributed by atoms with Gasteiger partial charge in [-0.1, -0.05) is 26.0 Å². The van der Waals surface area contributed by atoms with Crippen LogP contribution in [0.3, 0.4) is 0 Å². The third kappa shape index (κ3) is 3.53. The van der Waals surface area contributed by atoms with Gasteiger partial charge < -0.3 is 9.84 Å². The van der Waals surface area contributed by atoms with E-state index >= 15 is 0 Å². The molecule has 0 saturated carbocycles. The molecule has 1 N–H and O–H groups in total. The molecule has 2 heteroatoms. The van der Waals surface area contributed by atoms with Crippen LogP contribution in [0.15, 0.2) is 24.3 Å². The van der Waals surface area contributed by atoms with E-state index in [0.29, 0.717) is 0 Å². The molecule has 0 aliphatic heterocycles. The normalized spacial score (nSPS) is 12.6. The average molecular weight is 222 g/mol. The zero-order chi connectivity index (χ0) is 12.4. The number of ether oxygens (including phenoxy) is 1. The van der Waals surface area contributed by atoms with Gasteiger partial charge in [-0.15, -0.1) is 0 Å². The second-order valence-electron chi connectivity index (χ2n) is 5.78. The van der Waals surface area contributed by atoms with E-state index in [1.807, 2.05) is 58.9 Å². The van der Waals surface area contributed by atoms with Gasteiger partial charge in [-0.25, -0.2) is 0 Å². The maximum atomic E-state index is 9.27. The predicted octanol–water partition coefficient (Wildman–Crippen LogP) is 3.13. The van der Waals surface area contributed by atoms with Crippen LogP contribution in [-0.4, -0.2) is 17.3 Å². The fraction of sp³-hybridized carbons (Fsp3) is 0.571. The van der Waals surface area contributed by atoms with Gasteiger partial charge in [-0.05, 0) is 38.5 Å². The smallest absolute Gasteiger partial charge is 0.120 e. The molecule has 0 aromatic heterocycles. The average Bonchev–Trinajstić information content (AvgIpc) is 2.16. The van der Waals surface area contributed by atoms with Crippen LogP contribution in [0.2, 0.25) is 0 Å². The zero-order valence-electron chi connectivity index (χ0n) is 10.9. The standard InChI is InChI=1S/C14H22O2/c1-13(2,3)16-12-8-6-11(7-9-12)14(4,5)10-15/h6-9,15H,10H2,1-5H3. The molecule has 0 amide bonds. The Balaban J connectivity index is 2.84. The van der Waals surface area contributed by atoms with Crippen molar-refractivity contribution < 1.29 is 9.84 Å². The first kappa shape index (κ1) is 13.0. The third-order valence-electron chi connectivity index (χ3n) is 2.46. The maximum Gasteiger partial charge on any atom is 0.120 e. The van der Waals surface area contributed by atoms with E-state index in [1.165, 1.54) is 0 Å². The van der Waals surface area contributed by atoms with Crippen LogP contribution in [0.1, 0.15) is 40.2 Å². The van der Waals surface area contributed by atoms with E-state index in [2.05, 4.69) is 0 Å². The van der Waals surface area contributed by atoms with Crippen LogP contribution in [0.4, 0.5) is 0 Å². The Morgan fingerprint density at radius 2 is 1.50 bits per heavy atom. The van der Waals surface area contributed by atoms with Crippen molar-refractivity contribution in [2.45, 2.75) is 45.6 Å². The molecule has 1 aromatic carbocycles. The van der Waals surface area contributed by atoms with Gasteiger partial charge in [0.2, 0.25) is 0 Å². The van der Waals surface area contributed by atoms with E-state index in [4.69, 9.17) is 4.74 Å². The van der Waals surface area contributed by atoms with Crippen molar-refractivity contribution in [3.8, 4) is 5.75 Å². The Bertz CT molecular complexity index is 331. The summed E-state index contributed by atoms with van der Waals surface area (Å²) in [6, 6.07) is 7.94. The van der Waals surface area contributed by atoms with Gasteiger partial charge in [0.25, 0.3) is 0 Å². The summed E-state index contributed by atoms with van der Waals surface area (Å²) in [6.07, 6.45) is 0. The lowest BCUT2D eigenvalue weighted by atomic mass is 9.86. The molecule has 0 fully saturated rings. The molecule has 0 bridgehead atoms. The molecule has 0 saturated heterocycles. The number of aliphatic hydroxyl groups is 1. The predicted molar refractivity (Wildman–Crippen MR) is 66.9 cm³/mol. The summed E-state index contributed by atoms with van der Waals surface area (Å²) in [6.45, 7) is 10.3. The van der Waals surface area contributed by atoms with E-state index in [0.717, 1.165) is 11.3 Å². The highest BCUT2D eigenvalue weighted by molar-refractivity contribution is 5.31. The van der Waals surface area contributed by atoms with Crippen molar-refractivity contribution in [1.82, 2.24) is 0 Å². The summed E-state index contributed by atoms with van der Waals surface area (Å²) in [5.41, 5.74) is 0.755. The van der Waals surface area contributed by atoms with Crippen LogP contribution in [0.5, 0.6) is 5.75 Å². The van der Waals surface area contributed by atoms with E-state index < -0.39 is 0 Å². The summed E-state index contributed by atoms with van der Waals surface area (Å²) in [7, 11) is 0. The Labute approximate surface area is 98.3 Å². The van der Waals surface area contributed by atoms with Gasteiger partial charge in [0.05, 0.1) is 6.61 Å². The van der Waals surface area contributed by atoms with Crippen LogP contribution in [0, 0.1) is 0 Å². The number of aliphatic hydroxyl groups excluding tert-OH is 1. The fourth-order valence-electron chi connectivity index (χ4n) is 1.42. The molecule has 1 rings (SSSR count). The lowest BCUT2D eigenvalue weighted by molar-refractivity contribution is 0.131. The number of benzene rings is 1. The van der Waals surface area contributed by atoms with Crippen molar-refractivity contribution in [2.24, 2.45) is 0 Å². The Morgan fingerprint density at radius 1 is 1.00 bits per heavy atom. The second-order valence-corrected chi connectivity index (χ2v) is 5.78. The van der Waals surface area contributed by atoms with E-state index in [9.17, 15) is 5.11 Å². The molecule has 2 nitrogen and oxygen atoms in total. The molecule has 0 aliphatic rings. The highest BCUT2D eigenvalue weighted by Crippen LogP contribution is 2.25. The van der Waals surface area contributed by atoms with Gasteiger partial charge in [0.15, 0.2) is 0 Å². The van der Waals surface area contributed by atoms with Gasteiger partial charge >= 0.3 is 0 Å². The summed E-state index contributed by atoms with van der Waals surface area (Å²) in [4.78, 5) is 0. The quantitative estimate of drug-likeness (QED) is 0.851. The lowest BCUT2D eigenvalue weighted by Gasteiger charge is -2.24. The van der Waals surface area contributed by atoms with Gasteiger partial charge in [-0.3, -0.25) is 0 Å². The Kier molecular flexibility index (Phi) is 3.64. The monoisotopic (exact) mass is 222 g/mol. The topological polar surface area (TPSA) is 29.5 Å². The summed E-state index contributed by atoms with van der Waals surface area (Å²) < 4.78 is 5.74. The highest BCUT2D eigenvalue weighted by Gasteiger charge is 2.19. The largest absolute Gasteiger partial charge is 0.488 e. The van der Waals surface area contributed by atoms with Crippen molar-refractivity contribution in [3.05, 3.63) is 29.8 Å². The van der Waals surface area contributed by atoms with Gasteiger partial charge in [0.1, 0.15) is 11.4 Å². The molecule has 0 aliphatic carbocycles. The Morgan fingerprint density at radius 3 is 1.88 bits per heavy atom.